The zero-order chi connectivity index (χ0) is 13.8. The molecule has 2 N–H and O–H groups in total. The lowest BCUT2D eigenvalue weighted by Crippen LogP contribution is -2.00. The number of nitrogens with one attached hydrogen (secondary N) is 1. The number of hydrogen-bond donors (Lipinski definition) is 2. The summed E-state index contributed by atoms with van der Waals surface area (Å²) < 4.78 is 0. The molecule has 96 valence electrons. The number of halogens is 1. The lowest BCUT2D eigenvalue weighted by atomic mass is 9.95. The predicted octanol–water partition coefficient (Wildman–Crippen LogP) is 3.23. The fourth-order valence-corrected chi connectivity index (χ4v) is 2.03. The molecule has 5 heteroatoms. The quantitative estimate of drug-likeness (QED) is 0.840. The van der Waals surface area contributed by atoms with Crippen molar-refractivity contribution in [3.8, 4) is 17.2 Å². The molecule has 4 nitrogen and oxygen atoms in total. The number of aliphatic hydroxyl groups is 1. The SMILES string of the molecule is C=C(C#N)CC(O)c1ccc(Cl)cc1-c1cn[nH]c1. The van der Waals surface area contributed by atoms with Crippen LogP contribution in [0.5, 0.6) is 0 Å². The van der Waals surface area contributed by atoms with Gasteiger partial charge in [0.15, 0.2) is 0 Å². The molecular formula is C14H12ClN3O. The van der Waals surface area contributed by atoms with Gasteiger partial charge >= 0.3 is 0 Å². The number of aliphatic hydroxyl groups excluding tert-OH is 1. The van der Waals surface area contributed by atoms with Crippen molar-refractivity contribution in [3.63, 3.8) is 0 Å². The van der Waals surface area contributed by atoms with Crippen LogP contribution in [0.1, 0.15) is 18.1 Å². The van der Waals surface area contributed by atoms with E-state index in [2.05, 4.69) is 16.8 Å². The fraction of sp³-hybridized carbons (Fsp3) is 0.143. The molecule has 0 spiro atoms. The van der Waals surface area contributed by atoms with Crippen molar-refractivity contribution in [1.29, 1.82) is 5.26 Å². The van der Waals surface area contributed by atoms with E-state index < -0.39 is 6.10 Å². The number of nitrogens with zero attached hydrogens (tertiary/aromatic N) is 2. The average Bonchev–Trinajstić information content (AvgIpc) is 2.92. The number of hydrogen-bond acceptors (Lipinski definition) is 3. The first-order valence-electron chi connectivity index (χ1n) is 5.66. The van der Waals surface area contributed by atoms with Crippen molar-refractivity contribution in [3.05, 3.63) is 53.3 Å². The molecule has 19 heavy (non-hydrogen) atoms. The first kappa shape index (κ1) is 13.3. The van der Waals surface area contributed by atoms with E-state index >= 15 is 0 Å². The molecule has 0 saturated carbocycles. The van der Waals surface area contributed by atoms with Gasteiger partial charge in [0.1, 0.15) is 0 Å². The minimum atomic E-state index is -0.797. The number of benzene rings is 1. The van der Waals surface area contributed by atoms with Gasteiger partial charge in [-0.15, -0.1) is 0 Å². The minimum absolute atomic E-state index is 0.197. The molecule has 0 aliphatic carbocycles. The van der Waals surface area contributed by atoms with Gasteiger partial charge in [0.05, 0.1) is 18.4 Å². The van der Waals surface area contributed by atoms with Crippen molar-refractivity contribution < 1.29 is 5.11 Å². The number of H-pyrrole nitrogens is 1. The highest BCUT2D eigenvalue weighted by molar-refractivity contribution is 6.30. The third-order valence-electron chi connectivity index (χ3n) is 2.78. The summed E-state index contributed by atoms with van der Waals surface area (Å²) in [5.74, 6) is 0. The Balaban J connectivity index is 2.41. The Bertz CT molecular complexity index is 629. The second-order valence-electron chi connectivity index (χ2n) is 4.15. The standard InChI is InChI=1S/C14H12ClN3O/c1-9(6-16)4-14(19)12-3-2-11(15)5-13(12)10-7-17-18-8-10/h2-3,5,7-8,14,19H,1,4H2,(H,17,18). The Hall–Kier alpha value is -2.09. The van der Waals surface area contributed by atoms with Gasteiger partial charge in [-0.3, -0.25) is 5.10 Å². The van der Waals surface area contributed by atoms with Crippen LogP contribution in [0.3, 0.4) is 0 Å². The van der Waals surface area contributed by atoms with Crippen LogP contribution in [-0.2, 0) is 0 Å². The zero-order valence-electron chi connectivity index (χ0n) is 10.1. The van der Waals surface area contributed by atoms with Gasteiger partial charge in [-0.05, 0) is 23.3 Å². The number of rotatable bonds is 4. The molecule has 0 bridgehead atoms. The highest BCUT2D eigenvalue weighted by Crippen LogP contribution is 2.32. The molecule has 0 aliphatic rings. The van der Waals surface area contributed by atoms with Crippen LogP contribution in [0.25, 0.3) is 11.1 Å². The first-order chi connectivity index (χ1) is 9.11. The van der Waals surface area contributed by atoms with Crippen molar-refractivity contribution >= 4 is 11.6 Å². The summed E-state index contributed by atoms with van der Waals surface area (Å²) >= 11 is 5.99. The van der Waals surface area contributed by atoms with Crippen LogP contribution < -0.4 is 0 Å². The molecular weight excluding hydrogens is 262 g/mol. The maximum atomic E-state index is 10.2. The molecule has 1 atom stereocenters. The molecule has 0 aliphatic heterocycles. The van der Waals surface area contributed by atoms with Crippen LogP contribution in [0.4, 0.5) is 0 Å². The van der Waals surface area contributed by atoms with Gasteiger partial charge in [-0.25, -0.2) is 0 Å². The lowest BCUT2D eigenvalue weighted by Gasteiger charge is -2.14. The van der Waals surface area contributed by atoms with E-state index in [0.717, 1.165) is 11.1 Å². The van der Waals surface area contributed by atoms with Crippen LogP contribution in [0, 0.1) is 11.3 Å². The van der Waals surface area contributed by atoms with Gasteiger partial charge in [0, 0.05) is 28.8 Å². The maximum absolute atomic E-state index is 10.2. The van der Waals surface area contributed by atoms with E-state index in [1.807, 2.05) is 6.07 Å². The van der Waals surface area contributed by atoms with E-state index in [9.17, 15) is 5.11 Å². The molecule has 1 unspecified atom stereocenters. The van der Waals surface area contributed by atoms with Gasteiger partial charge in [-0.1, -0.05) is 24.2 Å². The van der Waals surface area contributed by atoms with Crippen molar-refractivity contribution in [2.75, 3.05) is 0 Å². The number of aromatic amines is 1. The second kappa shape index (κ2) is 5.70. The predicted molar refractivity (Wildman–Crippen MR) is 73.4 cm³/mol. The smallest absolute Gasteiger partial charge is 0.0941 e. The normalized spacial score (nSPS) is 11.8. The molecule has 0 radical (unpaired) electrons. The van der Waals surface area contributed by atoms with E-state index in [4.69, 9.17) is 16.9 Å². The zero-order valence-corrected chi connectivity index (χ0v) is 10.9. The van der Waals surface area contributed by atoms with Crippen LogP contribution in [0.15, 0.2) is 42.7 Å². The molecule has 0 saturated heterocycles. The summed E-state index contributed by atoms with van der Waals surface area (Å²) in [7, 11) is 0. The summed E-state index contributed by atoms with van der Waals surface area (Å²) in [6.45, 7) is 3.58. The van der Waals surface area contributed by atoms with Crippen LogP contribution >= 0.6 is 11.6 Å². The number of aromatic nitrogens is 2. The van der Waals surface area contributed by atoms with Crippen LogP contribution in [-0.4, -0.2) is 15.3 Å². The van der Waals surface area contributed by atoms with E-state index in [1.54, 1.807) is 30.6 Å². The Morgan fingerprint density at radius 1 is 1.58 bits per heavy atom. The van der Waals surface area contributed by atoms with Crippen molar-refractivity contribution in [2.45, 2.75) is 12.5 Å². The highest BCUT2D eigenvalue weighted by Gasteiger charge is 2.15. The Morgan fingerprint density at radius 3 is 3.00 bits per heavy atom. The summed E-state index contributed by atoms with van der Waals surface area (Å²) in [5, 5.41) is 26.1. The van der Waals surface area contributed by atoms with E-state index in [1.165, 1.54) is 0 Å². The van der Waals surface area contributed by atoms with Gasteiger partial charge in [-0.2, -0.15) is 10.4 Å². The van der Waals surface area contributed by atoms with E-state index in [0.29, 0.717) is 16.2 Å². The summed E-state index contributed by atoms with van der Waals surface area (Å²) in [5.41, 5.74) is 2.65. The monoisotopic (exact) mass is 273 g/mol. The number of nitriles is 1. The van der Waals surface area contributed by atoms with E-state index in [-0.39, 0.29) is 6.42 Å². The summed E-state index contributed by atoms with van der Waals surface area (Å²) in [6.07, 6.45) is 2.78. The summed E-state index contributed by atoms with van der Waals surface area (Å²) in [4.78, 5) is 0. The Morgan fingerprint density at radius 2 is 2.37 bits per heavy atom. The summed E-state index contributed by atoms with van der Waals surface area (Å²) in [6, 6.07) is 7.15. The Labute approximate surface area is 116 Å². The molecule has 0 amide bonds. The second-order valence-corrected chi connectivity index (χ2v) is 4.59. The largest absolute Gasteiger partial charge is 0.388 e. The van der Waals surface area contributed by atoms with Gasteiger partial charge in [0.2, 0.25) is 0 Å². The molecule has 2 rings (SSSR count). The minimum Gasteiger partial charge on any atom is -0.388 e. The van der Waals surface area contributed by atoms with Gasteiger partial charge < -0.3 is 5.11 Å². The maximum Gasteiger partial charge on any atom is 0.0941 e. The average molecular weight is 274 g/mol. The first-order valence-corrected chi connectivity index (χ1v) is 6.04. The molecule has 1 heterocycles. The van der Waals surface area contributed by atoms with Crippen molar-refractivity contribution in [1.82, 2.24) is 10.2 Å². The fourth-order valence-electron chi connectivity index (χ4n) is 1.86. The molecule has 1 aromatic heterocycles. The van der Waals surface area contributed by atoms with Gasteiger partial charge in [0.25, 0.3) is 0 Å². The van der Waals surface area contributed by atoms with Crippen LogP contribution in [0.2, 0.25) is 5.02 Å². The lowest BCUT2D eigenvalue weighted by molar-refractivity contribution is 0.180. The highest BCUT2D eigenvalue weighted by atomic mass is 35.5. The van der Waals surface area contributed by atoms with Crippen molar-refractivity contribution in [2.24, 2.45) is 0 Å². The molecule has 1 aromatic carbocycles. The third-order valence-corrected chi connectivity index (χ3v) is 3.02. The molecule has 2 aromatic rings. The Kier molecular flexibility index (Phi) is 4.00. The molecule has 0 fully saturated rings. The topological polar surface area (TPSA) is 72.7 Å². The third kappa shape index (κ3) is 3.02.